The molecule has 96 valence electrons. The Morgan fingerprint density at radius 3 is 2.89 bits per heavy atom. The van der Waals surface area contributed by atoms with E-state index in [1.807, 2.05) is 25.3 Å². The molecule has 0 aliphatic rings. The maximum Gasteiger partial charge on any atom is 0.121 e. The first-order valence-corrected chi connectivity index (χ1v) is 6.14. The number of aromatic nitrogens is 2. The summed E-state index contributed by atoms with van der Waals surface area (Å²) in [5, 5.41) is 3.25. The highest BCUT2D eigenvalue weighted by Crippen LogP contribution is 2.24. The van der Waals surface area contributed by atoms with Gasteiger partial charge in [0.25, 0.3) is 0 Å². The van der Waals surface area contributed by atoms with Gasteiger partial charge in [0.15, 0.2) is 0 Å². The third-order valence-corrected chi connectivity index (χ3v) is 2.88. The maximum atomic E-state index is 5.26. The van der Waals surface area contributed by atoms with E-state index in [1.54, 1.807) is 7.11 Å². The Kier molecular flexibility index (Phi) is 3.99. The van der Waals surface area contributed by atoms with Gasteiger partial charge >= 0.3 is 0 Å². The van der Waals surface area contributed by atoms with Crippen molar-refractivity contribution < 1.29 is 4.74 Å². The smallest absolute Gasteiger partial charge is 0.121 e. The summed E-state index contributed by atoms with van der Waals surface area (Å²) in [4.78, 5) is 7.67. The second-order valence-electron chi connectivity index (χ2n) is 4.21. The predicted molar refractivity (Wildman–Crippen MR) is 72.7 cm³/mol. The summed E-state index contributed by atoms with van der Waals surface area (Å²) in [7, 11) is 1.69. The van der Waals surface area contributed by atoms with Crippen molar-refractivity contribution in [3.63, 3.8) is 0 Å². The van der Waals surface area contributed by atoms with Crippen LogP contribution in [0.3, 0.4) is 0 Å². The summed E-state index contributed by atoms with van der Waals surface area (Å²) in [5.74, 6) is 1.87. The fraction of sp³-hybridized carbons (Fsp3) is 0.357. The highest BCUT2D eigenvalue weighted by atomic mass is 16.5. The van der Waals surface area contributed by atoms with Crippen molar-refractivity contribution in [2.45, 2.75) is 20.4 Å². The summed E-state index contributed by atoms with van der Waals surface area (Å²) < 4.78 is 5.26. The summed E-state index contributed by atoms with van der Waals surface area (Å²) >= 11 is 0. The minimum atomic E-state index is 0.769. The number of imidazole rings is 1. The van der Waals surface area contributed by atoms with Crippen LogP contribution in [0.25, 0.3) is 11.3 Å². The van der Waals surface area contributed by atoms with Crippen LogP contribution in [-0.2, 0) is 6.54 Å². The van der Waals surface area contributed by atoms with Gasteiger partial charge in [-0.1, -0.05) is 6.92 Å². The summed E-state index contributed by atoms with van der Waals surface area (Å²) in [5.41, 5.74) is 3.29. The van der Waals surface area contributed by atoms with Crippen molar-refractivity contribution in [3.8, 4) is 17.0 Å². The van der Waals surface area contributed by atoms with E-state index in [2.05, 4.69) is 28.3 Å². The topological polar surface area (TPSA) is 49.9 Å². The van der Waals surface area contributed by atoms with Gasteiger partial charge in [-0.25, -0.2) is 4.98 Å². The molecule has 0 atom stereocenters. The lowest BCUT2D eigenvalue weighted by Gasteiger charge is -2.06. The van der Waals surface area contributed by atoms with Crippen LogP contribution in [0, 0.1) is 6.92 Å². The molecule has 18 heavy (non-hydrogen) atoms. The minimum Gasteiger partial charge on any atom is -0.496 e. The van der Waals surface area contributed by atoms with Gasteiger partial charge < -0.3 is 15.0 Å². The molecule has 0 amide bonds. The highest BCUT2D eigenvalue weighted by Gasteiger charge is 2.05. The Bertz CT molecular complexity index is 520. The van der Waals surface area contributed by atoms with Crippen LogP contribution in [0.4, 0.5) is 0 Å². The summed E-state index contributed by atoms with van der Waals surface area (Å²) in [6.45, 7) is 5.83. The number of aromatic amines is 1. The number of H-pyrrole nitrogens is 1. The SMILES string of the molecule is CCNCc1ncc(-c2ccc(OC)c(C)c2)[nH]1. The van der Waals surface area contributed by atoms with Gasteiger partial charge in [-0.2, -0.15) is 0 Å². The van der Waals surface area contributed by atoms with E-state index in [0.29, 0.717) is 0 Å². The van der Waals surface area contributed by atoms with Gasteiger partial charge in [0.2, 0.25) is 0 Å². The maximum absolute atomic E-state index is 5.26. The van der Waals surface area contributed by atoms with Gasteiger partial charge in [0.1, 0.15) is 11.6 Å². The number of rotatable bonds is 5. The third kappa shape index (κ3) is 2.71. The number of nitrogens with zero attached hydrogens (tertiary/aromatic N) is 1. The van der Waals surface area contributed by atoms with Crippen molar-refractivity contribution in [1.29, 1.82) is 0 Å². The molecule has 0 saturated heterocycles. The van der Waals surface area contributed by atoms with Crippen LogP contribution in [0.1, 0.15) is 18.3 Å². The molecule has 2 N–H and O–H groups in total. The van der Waals surface area contributed by atoms with Crippen molar-refractivity contribution in [1.82, 2.24) is 15.3 Å². The molecule has 1 heterocycles. The van der Waals surface area contributed by atoms with E-state index in [4.69, 9.17) is 4.74 Å². The lowest BCUT2D eigenvalue weighted by atomic mass is 10.1. The Morgan fingerprint density at radius 2 is 2.22 bits per heavy atom. The molecule has 1 aromatic heterocycles. The lowest BCUT2D eigenvalue weighted by Crippen LogP contribution is -2.12. The van der Waals surface area contributed by atoms with Crippen LogP contribution in [-0.4, -0.2) is 23.6 Å². The Hall–Kier alpha value is -1.81. The fourth-order valence-corrected chi connectivity index (χ4v) is 1.89. The van der Waals surface area contributed by atoms with E-state index in [1.165, 1.54) is 0 Å². The van der Waals surface area contributed by atoms with Gasteiger partial charge in [0, 0.05) is 5.56 Å². The van der Waals surface area contributed by atoms with Gasteiger partial charge in [-0.15, -0.1) is 0 Å². The molecular formula is C14H19N3O. The average molecular weight is 245 g/mol. The molecule has 0 aliphatic carbocycles. The zero-order chi connectivity index (χ0) is 13.0. The van der Waals surface area contributed by atoms with Crippen molar-refractivity contribution in [2.24, 2.45) is 0 Å². The van der Waals surface area contributed by atoms with Crippen LogP contribution in [0.15, 0.2) is 24.4 Å². The lowest BCUT2D eigenvalue weighted by molar-refractivity contribution is 0.412. The molecule has 4 nitrogen and oxygen atoms in total. The average Bonchev–Trinajstić information content (AvgIpc) is 2.85. The first kappa shape index (κ1) is 12.6. The van der Waals surface area contributed by atoms with E-state index in [9.17, 15) is 0 Å². The number of hydrogen-bond acceptors (Lipinski definition) is 3. The molecule has 2 rings (SSSR count). The van der Waals surface area contributed by atoms with Gasteiger partial charge in [0.05, 0.1) is 25.5 Å². The van der Waals surface area contributed by atoms with Crippen molar-refractivity contribution >= 4 is 0 Å². The fourth-order valence-electron chi connectivity index (χ4n) is 1.89. The summed E-state index contributed by atoms with van der Waals surface area (Å²) in [6.07, 6.45) is 1.87. The number of ether oxygens (including phenoxy) is 1. The first-order valence-electron chi connectivity index (χ1n) is 6.14. The molecule has 4 heteroatoms. The van der Waals surface area contributed by atoms with E-state index in [-0.39, 0.29) is 0 Å². The second-order valence-corrected chi connectivity index (χ2v) is 4.21. The molecular weight excluding hydrogens is 226 g/mol. The molecule has 0 aliphatic heterocycles. The second kappa shape index (κ2) is 5.69. The number of aryl methyl sites for hydroxylation is 1. The van der Waals surface area contributed by atoms with E-state index < -0.39 is 0 Å². The first-order chi connectivity index (χ1) is 8.74. The largest absolute Gasteiger partial charge is 0.496 e. The highest BCUT2D eigenvalue weighted by molar-refractivity contribution is 5.61. The Morgan fingerprint density at radius 1 is 1.39 bits per heavy atom. The predicted octanol–water partition coefficient (Wildman–Crippen LogP) is 2.50. The van der Waals surface area contributed by atoms with Crippen LogP contribution >= 0.6 is 0 Å². The molecule has 0 radical (unpaired) electrons. The molecule has 1 aromatic carbocycles. The molecule has 2 aromatic rings. The number of benzene rings is 1. The van der Waals surface area contributed by atoms with E-state index in [0.717, 1.165) is 41.5 Å². The molecule has 0 unspecified atom stereocenters. The molecule has 0 spiro atoms. The number of nitrogens with one attached hydrogen (secondary N) is 2. The van der Waals surface area contributed by atoms with Crippen molar-refractivity contribution in [2.75, 3.05) is 13.7 Å². The van der Waals surface area contributed by atoms with E-state index >= 15 is 0 Å². The van der Waals surface area contributed by atoms with Crippen molar-refractivity contribution in [3.05, 3.63) is 35.8 Å². The summed E-state index contributed by atoms with van der Waals surface area (Å²) in [6, 6.07) is 6.12. The number of hydrogen-bond donors (Lipinski definition) is 2. The number of methoxy groups -OCH3 is 1. The van der Waals surface area contributed by atoms with Crippen LogP contribution in [0.5, 0.6) is 5.75 Å². The molecule has 0 fully saturated rings. The zero-order valence-corrected chi connectivity index (χ0v) is 11.1. The molecule has 0 saturated carbocycles. The van der Waals surface area contributed by atoms with Crippen LogP contribution in [0.2, 0.25) is 0 Å². The third-order valence-electron chi connectivity index (χ3n) is 2.88. The molecule has 0 bridgehead atoms. The minimum absolute atomic E-state index is 0.769. The zero-order valence-electron chi connectivity index (χ0n) is 11.1. The Labute approximate surface area is 107 Å². The van der Waals surface area contributed by atoms with Gasteiger partial charge in [-0.3, -0.25) is 0 Å². The normalized spacial score (nSPS) is 10.6. The van der Waals surface area contributed by atoms with Crippen LogP contribution < -0.4 is 10.1 Å². The quantitative estimate of drug-likeness (QED) is 0.851. The monoisotopic (exact) mass is 245 g/mol. The standard InChI is InChI=1S/C14H19N3O/c1-4-15-9-14-16-8-12(17-14)11-5-6-13(18-3)10(2)7-11/h5-8,15H,4,9H2,1-3H3,(H,16,17). The van der Waals surface area contributed by atoms with Gasteiger partial charge in [-0.05, 0) is 37.2 Å². The Balaban J connectivity index is 2.20.